The SMILES string of the molecule is O=C(Nc1nccs1)[C@H](CC1CCCCC1)N1CCN(S(=O)(=O)c2ccc(Cl)c(Cl)c2)CC1=O. The third-order valence-corrected chi connectivity index (χ3v) is 9.64. The van der Waals surface area contributed by atoms with Crippen molar-refractivity contribution >= 4 is 61.5 Å². The van der Waals surface area contributed by atoms with Gasteiger partial charge >= 0.3 is 0 Å². The molecule has 2 fully saturated rings. The summed E-state index contributed by atoms with van der Waals surface area (Å²) >= 11 is 13.2. The van der Waals surface area contributed by atoms with E-state index in [-0.39, 0.29) is 40.5 Å². The average Bonchev–Trinajstić information content (AvgIpc) is 3.33. The van der Waals surface area contributed by atoms with Gasteiger partial charge in [-0.15, -0.1) is 11.3 Å². The van der Waals surface area contributed by atoms with Crippen LogP contribution in [0.3, 0.4) is 0 Å². The Bertz CT molecular complexity index is 1140. The van der Waals surface area contributed by atoms with E-state index in [4.69, 9.17) is 23.2 Å². The summed E-state index contributed by atoms with van der Waals surface area (Å²) in [6.07, 6.45) is 7.65. The molecule has 1 aliphatic carbocycles. The number of aromatic nitrogens is 1. The van der Waals surface area contributed by atoms with Crippen LogP contribution in [0.25, 0.3) is 0 Å². The number of sulfonamides is 1. The van der Waals surface area contributed by atoms with Crippen molar-refractivity contribution in [2.75, 3.05) is 25.0 Å². The zero-order valence-electron chi connectivity index (χ0n) is 18.5. The fraction of sp³-hybridized carbons (Fsp3) is 0.500. The molecule has 0 radical (unpaired) electrons. The molecule has 1 saturated carbocycles. The molecule has 0 bridgehead atoms. The molecular weight excluding hydrogens is 519 g/mol. The number of carbonyl (C=O) groups excluding carboxylic acids is 2. The highest BCUT2D eigenvalue weighted by atomic mass is 35.5. The van der Waals surface area contributed by atoms with Gasteiger partial charge in [0.25, 0.3) is 0 Å². The van der Waals surface area contributed by atoms with E-state index in [1.807, 2.05) is 0 Å². The summed E-state index contributed by atoms with van der Waals surface area (Å²) in [4.78, 5) is 32.0. The topological polar surface area (TPSA) is 99.7 Å². The Morgan fingerprint density at radius 3 is 2.59 bits per heavy atom. The Kier molecular flexibility index (Phi) is 8.14. The molecule has 1 aromatic heterocycles. The fourth-order valence-corrected chi connectivity index (χ4v) is 6.88. The molecule has 2 aliphatic rings. The van der Waals surface area contributed by atoms with Crippen molar-refractivity contribution in [1.29, 1.82) is 0 Å². The molecule has 2 heterocycles. The Morgan fingerprint density at radius 1 is 1.18 bits per heavy atom. The van der Waals surface area contributed by atoms with Crippen molar-refractivity contribution in [1.82, 2.24) is 14.2 Å². The van der Waals surface area contributed by atoms with Gasteiger partial charge in [0.1, 0.15) is 6.04 Å². The van der Waals surface area contributed by atoms with Gasteiger partial charge < -0.3 is 10.2 Å². The Labute approximate surface area is 213 Å². The number of amides is 2. The Balaban J connectivity index is 1.50. The smallest absolute Gasteiger partial charge is 0.248 e. The van der Waals surface area contributed by atoms with E-state index in [1.165, 1.54) is 40.9 Å². The zero-order valence-corrected chi connectivity index (χ0v) is 21.6. The Morgan fingerprint density at radius 2 is 1.94 bits per heavy atom. The first-order valence-electron chi connectivity index (χ1n) is 11.2. The number of nitrogens with one attached hydrogen (secondary N) is 1. The lowest BCUT2D eigenvalue weighted by atomic mass is 9.84. The maximum Gasteiger partial charge on any atom is 0.248 e. The molecule has 0 spiro atoms. The molecule has 2 aromatic rings. The van der Waals surface area contributed by atoms with Crippen LogP contribution in [0.2, 0.25) is 10.0 Å². The monoisotopic (exact) mass is 544 g/mol. The fourth-order valence-electron chi connectivity index (χ4n) is 4.57. The van der Waals surface area contributed by atoms with Crippen LogP contribution in [0, 0.1) is 5.92 Å². The van der Waals surface area contributed by atoms with Gasteiger partial charge in [0.15, 0.2) is 5.13 Å². The minimum absolute atomic E-state index is 0.0246. The number of piperazine rings is 1. The molecule has 1 aliphatic heterocycles. The molecule has 1 aromatic carbocycles. The molecule has 1 N–H and O–H groups in total. The van der Waals surface area contributed by atoms with Crippen LogP contribution in [0.5, 0.6) is 0 Å². The van der Waals surface area contributed by atoms with Crippen LogP contribution in [0.15, 0.2) is 34.7 Å². The molecule has 1 saturated heterocycles. The highest BCUT2D eigenvalue weighted by molar-refractivity contribution is 7.89. The lowest BCUT2D eigenvalue weighted by Crippen LogP contribution is -2.58. The largest absolute Gasteiger partial charge is 0.328 e. The summed E-state index contributed by atoms with van der Waals surface area (Å²) in [6, 6.07) is 3.39. The van der Waals surface area contributed by atoms with Gasteiger partial charge in [-0.1, -0.05) is 55.3 Å². The maximum atomic E-state index is 13.2. The number of hydrogen-bond acceptors (Lipinski definition) is 6. The summed E-state index contributed by atoms with van der Waals surface area (Å²) < 4.78 is 27.3. The predicted molar refractivity (Wildman–Crippen MR) is 133 cm³/mol. The summed E-state index contributed by atoms with van der Waals surface area (Å²) in [6.45, 7) is -0.129. The van der Waals surface area contributed by atoms with E-state index in [2.05, 4.69) is 10.3 Å². The second-order valence-electron chi connectivity index (χ2n) is 8.58. The normalized spacial score (nSPS) is 19.2. The van der Waals surface area contributed by atoms with E-state index in [9.17, 15) is 18.0 Å². The number of hydrogen-bond donors (Lipinski definition) is 1. The number of benzene rings is 1. The summed E-state index contributed by atoms with van der Waals surface area (Å²) in [5, 5.41) is 5.44. The molecule has 4 rings (SSSR count). The number of nitrogens with zero attached hydrogens (tertiary/aromatic N) is 3. The van der Waals surface area contributed by atoms with Crippen molar-refractivity contribution in [2.45, 2.75) is 49.5 Å². The lowest BCUT2D eigenvalue weighted by molar-refractivity contribution is -0.142. The number of anilines is 1. The molecule has 0 unspecified atom stereocenters. The van der Waals surface area contributed by atoms with Gasteiger partial charge in [0, 0.05) is 24.7 Å². The lowest BCUT2D eigenvalue weighted by Gasteiger charge is -2.39. The van der Waals surface area contributed by atoms with Gasteiger partial charge in [-0.2, -0.15) is 4.31 Å². The first-order chi connectivity index (χ1) is 16.3. The summed E-state index contributed by atoms with van der Waals surface area (Å²) in [5.74, 6) is -0.328. The zero-order chi connectivity index (χ0) is 24.3. The number of carbonyl (C=O) groups is 2. The minimum Gasteiger partial charge on any atom is -0.328 e. The van der Waals surface area contributed by atoms with Gasteiger partial charge in [-0.25, -0.2) is 13.4 Å². The first kappa shape index (κ1) is 25.4. The van der Waals surface area contributed by atoms with E-state index in [0.29, 0.717) is 17.5 Å². The van der Waals surface area contributed by atoms with E-state index >= 15 is 0 Å². The number of halogens is 2. The van der Waals surface area contributed by atoms with Crippen LogP contribution >= 0.6 is 34.5 Å². The average molecular weight is 546 g/mol. The molecular formula is C22H26Cl2N4O4S2. The van der Waals surface area contributed by atoms with Crippen molar-refractivity contribution < 1.29 is 18.0 Å². The highest BCUT2D eigenvalue weighted by Gasteiger charge is 2.39. The van der Waals surface area contributed by atoms with Gasteiger partial charge in [-0.05, 0) is 30.5 Å². The standard InChI is InChI=1S/C22H26Cl2N4O4S2/c23-17-7-6-16(13-18(17)24)34(31,32)27-9-10-28(20(29)14-27)19(12-15-4-2-1-3-5-15)21(30)26-22-25-8-11-33-22/h6-8,11,13,15,19H,1-5,9-10,12,14H2,(H,25,26,30)/t19-/m0/s1. The van der Waals surface area contributed by atoms with Gasteiger partial charge in [0.05, 0.1) is 21.5 Å². The quantitative estimate of drug-likeness (QED) is 0.561. The number of rotatable bonds is 7. The molecule has 184 valence electrons. The molecule has 8 nitrogen and oxygen atoms in total. The third kappa shape index (κ3) is 5.73. The van der Waals surface area contributed by atoms with Crippen molar-refractivity contribution in [3.05, 3.63) is 39.8 Å². The van der Waals surface area contributed by atoms with Crippen LogP contribution in [0.1, 0.15) is 38.5 Å². The molecule has 1 atom stereocenters. The third-order valence-electron chi connectivity index (χ3n) is 6.37. The predicted octanol–water partition coefficient (Wildman–Crippen LogP) is 4.26. The number of thiazole rings is 1. The van der Waals surface area contributed by atoms with Gasteiger partial charge in [-0.3, -0.25) is 9.59 Å². The summed E-state index contributed by atoms with van der Waals surface area (Å²) in [7, 11) is -3.94. The van der Waals surface area contributed by atoms with E-state index in [1.54, 1.807) is 11.6 Å². The van der Waals surface area contributed by atoms with E-state index < -0.39 is 22.0 Å². The van der Waals surface area contributed by atoms with Crippen molar-refractivity contribution in [3.8, 4) is 0 Å². The molecule has 12 heteroatoms. The van der Waals surface area contributed by atoms with Crippen LogP contribution in [0.4, 0.5) is 5.13 Å². The van der Waals surface area contributed by atoms with Crippen LogP contribution in [-0.2, 0) is 19.6 Å². The molecule has 2 amide bonds. The maximum absolute atomic E-state index is 13.2. The van der Waals surface area contributed by atoms with Crippen molar-refractivity contribution in [2.24, 2.45) is 5.92 Å². The first-order valence-corrected chi connectivity index (χ1v) is 14.3. The van der Waals surface area contributed by atoms with E-state index in [0.717, 1.165) is 30.0 Å². The second-order valence-corrected chi connectivity index (χ2v) is 12.2. The van der Waals surface area contributed by atoms with Crippen LogP contribution < -0.4 is 5.32 Å². The minimum atomic E-state index is -3.94. The Hall–Kier alpha value is -1.72. The second kappa shape index (κ2) is 10.9. The molecule has 34 heavy (non-hydrogen) atoms. The highest BCUT2D eigenvalue weighted by Crippen LogP contribution is 2.31. The van der Waals surface area contributed by atoms with Crippen molar-refractivity contribution in [3.63, 3.8) is 0 Å². The summed E-state index contributed by atoms with van der Waals surface area (Å²) in [5.41, 5.74) is 0. The van der Waals surface area contributed by atoms with Crippen LogP contribution in [-0.4, -0.2) is 60.1 Å². The van der Waals surface area contributed by atoms with Gasteiger partial charge in [0.2, 0.25) is 21.8 Å².